The Hall–Kier alpha value is 0.460. The van der Waals surface area contributed by atoms with Crippen LogP contribution in [0.2, 0.25) is 0 Å². The van der Waals surface area contributed by atoms with E-state index in [0.717, 1.165) is 23.2 Å². The van der Waals surface area contributed by atoms with Gasteiger partial charge in [0.2, 0.25) is 0 Å². The van der Waals surface area contributed by atoms with Crippen molar-refractivity contribution in [1.82, 2.24) is 0 Å². The molecule has 2 aromatic rings. The van der Waals surface area contributed by atoms with Crippen molar-refractivity contribution in [2.45, 2.75) is 0 Å². The van der Waals surface area contributed by atoms with E-state index in [1.54, 1.807) is 0 Å². The van der Waals surface area contributed by atoms with Crippen molar-refractivity contribution < 1.29 is 28.4 Å². The van der Waals surface area contributed by atoms with Crippen molar-refractivity contribution in [1.29, 1.82) is 0 Å². The average molecular weight is 732 g/mol. The Morgan fingerprint density at radius 2 is 0.719 bits per heavy atom. The Morgan fingerprint density at radius 1 is 0.500 bits per heavy atom. The van der Waals surface area contributed by atoms with Gasteiger partial charge in [0, 0.05) is 0 Å². The van der Waals surface area contributed by atoms with E-state index in [4.69, 9.17) is 62.7 Å². The average Bonchev–Trinajstić information content (AvgIpc) is 2.80. The van der Waals surface area contributed by atoms with Crippen molar-refractivity contribution >= 4 is 75.4 Å². The molecule has 0 saturated carbocycles. The second-order valence-corrected chi connectivity index (χ2v) is 20.5. The predicted molar refractivity (Wildman–Crippen MR) is 131 cm³/mol. The Morgan fingerprint density at radius 3 is 0.938 bits per heavy atom. The zero-order chi connectivity index (χ0) is 23.4. The van der Waals surface area contributed by atoms with Crippen LogP contribution < -0.4 is 18.9 Å². The molecule has 0 unspecified atom stereocenters. The van der Waals surface area contributed by atoms with Gasteiger partial charge < -0.3 is 28.4 Å². The molecule has 12 heteroatoms. The van der Waals surface area contributed by atoms with Crippen LogP contribution in [0, 0.1) is 0 Å². The number of rotatable bonds is 0. The van der Waals surface area contributed by atoms with Gasteiger partial charge in [-0.05, 0) is 24.3 Å². The quantitative estimate of drug-likeness (QED) is 0.383. The molecule has 0 spiro atoms. The molecular formula is C20H24Cl4In2O6. The third kappa shape index (κ3) is 14.7. The second-order valence-electron chi connectivity index (χ2n) is 5.76. The van der Waals surface area contributed by atoms with Gasteiger partial charge in [-0.15, -0.1) is 0 Å². The Labute approximate surface area is 226 Å². The van der Waals surface area contributed by atoms with Crippen LogP contribution >= 0.6 is 34.3 Å². The summed E-state index contributed by atoms with van der Waals surface area (Å²) in [5.41, 5.74) is 0. The molecule has 6 nitrogen and oxygen atoms in total. The fourth-order valence-electron chi connectivity index (χ4n) is 2.42. The summed E-state index contributed by atoms with van der Waals surface area (Å²) in [7, 11) is 19.8. The smallest absolute Gasteiger partial charge is 0.161 e. The second kappa shape index (κ2) is 20.8. The van der Waals surface area contributed by atoms with Crippen LogP contribution in [0.1, 0.15) is 0 Å². The number of hydrogen-bond acceptors (Lipinski definition) is 6. The third-order valence-corrected chi connectivity index (χ3v) is 3.64. The molecule has 1 heterocycles. The minimum atomic E-state index is -2.22. The minimum absolute atomic E-state index is 0.441. The topological polar surface area (TPSA) is 55.4 Å². The summed E-state index contributed by atoms with van der Waals surface area (Å²) < 4.78 is 34.1. The van der Waals surface area contributed by atoms with Crippen molar-refractivity contribution in [3.8, 4) is 23.0 Å². The zero-order valence-electron chi connectivity index (χ0n) is 17.4. The fraction of sp³-hybridized carbons (Fsp3) is 0.400. The summed E-state index contributed by atoms with van der Waals surface area (Å²) in [4.78, 5) is 0. The van der Waals surface area contributed by atoms with Gasteiger partial charge in [-0.1, -0.05) is 24.3 Å². The number of ether oxygens (including phenoxy) is 6. The molecule has 0 aromatic heterocycles. The van der Waals surface area contributed by atoms with Gasteiger partial charge >= 0.3 is 75.4 Å². The molecular weight excluding hydrogens is 708 g/mol. The first kappa shape index (κ1) is 30.5. The monoisotopic (exact) mass is 730 g/mol. The van der Waals surface area contributed by atoms with Crippen LogP contribution in [0.4, 0.5) is 0 Å². The van der Waals surface area contributed by atoms with Gasteiger partial charge in [-0.25, -0.2) is 0 Å². The molecule has 1 aliphatic rings. The van der Waals surface area contributed by atoms with Crippen LogP contribution in [0.3, 0.4) is 0 Å². The van der Waals surface area contributed by atoms with Gasteiger partial charge in [0.1, 0.15) is 26.4 Å². The summed E-state index contributed by atoms with van der Waals surface area (Å²) in [6.45, 7) is 3.65. The molecule has 2 radical (unpaired) electrons. The standard InChI is InChI=1S/C20H24O6.4ClH.2In/c1-2-6-18-17(5-1)23-13-9-21-11-15-25-19-7-3-4-8-20(19)26-16-12-22-10-14-24-18;;;;;;/h1-8H,9-16H2;4*1H;;/q;;;;;+1;+3/p-4. The Kier molecular flexibility index (Phi) is 19.8. The molecule has 0 saturated heterocycles. The molecule has 32 heavy (non-hydrogen) atoms. The SMILES string of the molecule is [Cl][In].[Cl][In]([Cl])[Cl].c1ccc2c(c1)OCCOCCOc1ccccc1OCCOCCO2. The number of fused-ring (bicyclic) bond motifs is 2. The molecule has 0 N–H and O–H groups in total. The van der Waals surface area contributed by atoms with E-state index in [-0.39, 0.29) is 0 Å². The maximum Gasteiger partial charge on any atom is 0.161 e. The van der Waals surface area contributed by atoms with Crippen LogP contribution in [0.25, 0.3) is 0 Å². The zero-order valence-corrected chi connectivity index (χ0v) is 27.0. The van der Waals surface area contributed by atoms with Crippen molar-refractivity contribution in [3.05, 3.63) is 48.5 Å². The first-order valence-corrected chi connectivity index (χ1v) is 26.3. The largest absolute Gasteiger partial charge is 0.487 e. The van der Waals surface area contributed by atoms with Gasteiger partial charge in [0.15, 0.2) is 23.0 Å². The van der Waals surface area contributed by atoms with Crippen LogP contribution in [0.5, 0.6) is 23.0 Å². The Bertz CT molecular complexity index is 616. The third-order valence-electron chi connectivity index (χ3n) is 3.64. The maximum absolute atomic E-state index is 5.74. The normalized spacial score (nSPS) is 14.8. The van der Waals surface area contributed by atoms with Gasteiger partial charge in [-0.3, -0.25) is 0 Å². The van der Waals surface area contributed by atoms with E-state index < -0.39 is 17.9 Å². The van der Waals surface area contributed by atoms with Crippen LogP contribution in [-0.2, 0) is 9.47 Å². The Balaban J connectivity index is 0.000000769. The van der Waals surface area contributed by atoms with E-state index in [9.17, 15) is 0 Å². The number of halogens is 4. The molecule has 1 aliphatic heterocycles. The van der Waals surface area contributed by atoms with E-state index in [2.05, 4.69) is 0 Å². The molecule has 2 aromatic carbocycles. The molecule has 174 valence electrons. The molecule has 0 atom stereocenters. The van der Waals surface area contributed by atoms with Gasteiger partial charge in [-0.2, -0.15) is 0 Å². The summed E-state index contributed by atoms with van der Waals surface area (Å²) >= 11 is -1.40. The fourth-order valence-corrected chi connectivity index (χ4v) is 2.42. The first-order valence-electron chi connectivity index (χ1n) is 9.65. The molecule has 0 bridgehead atoms. The predicted octanol–water partition coefficient (Wildman–Crippen LogP) is 4.95. The molecule has 0 aliphatic carbocycles. The summed E-state index contributed by atoms with van der Waals surface area (Å²) in [6, 6.07) is 15.2. The van der Waals surface area contributed by atoms with Gasteiger partial charge in [0.25, 0.3) is 0 Å². The van der Waals surface area contributed by atoms with Crippen molar-refractivity contribution in [3.63, 3.8) is 0 Å². The summed E-state index contributed by atoms with van der Waals surface area (Å²) in [5.74, 6) is 2.80. The van der Waals surface area contributed by atoms with E-state index in [1.807, 2.05) is 48.5 Å². The maximum atomic E-state index is 5.74. The van der Waals surface area contributed by atoms with Crippen LogP contribution in [0.15, 0.2) is 48.5 Å². The molecule has 0 amide bonds. The minimum Gasteiger partial charge on any atom is -0.487 e. The summed E-state index contributed by atoms with van der Waals surface area (Å²) in [5, 5.41) is 0. The van der Waals surface area contributed by atoms with E-state index in [0.29, 0.717) is 75.9 Å². The first-order chi connectivity index (χ1) is 15.7. The number of para-hydroxylation sites is 4. The molecule has 3 rings (SSSR count). The van der Waals surface area contributed by atoms with E-state index >= 15 is 0 Å². The van der Waals surface area contributed by atoms with Crippen molar-refractivity contribution in [2.24, 2.45) is 0 Å². The van der Waals surface area contributed by atoms with Crippen molar-refractivity contribution in [2.75, 3.05) is 52.9 Å². The van der Waals surface area contributed by atoms with Gasteiger partial charge in [0.05, 0.1) is 26.4 Å². The number of hydrogen-bond donors (Lipinski definition) is 0. The number of benzene rings is 2. The van der Waals surface area contributed by atoms with Crippen LogP contribution in [-0.4, -0.2) is 93.9 Å². The molecule has 0 fully saturated rings. The summed E-state index contributed by atoms with van der Waals surface area (Å²) in [6.07, 6.45) is 0. The van der Waals surface area contributed by atoms with E-state index in [1.165, 1.54) is 0 Å².